The summed E-state index contributed by atoms with van der Waals surface area (Å²) < 4.78 is 20.8. The topological polar surface area (TPSA) is 80.2 Å². The number of carbonyl (C=O) groups excluding carboxylic acids is 1. The number of likely N-dealkylation sites (tertiary alicyclic amines) is 1. The maximum absolute atomic E-state index is 13.9. The minimum atomic E-state index is -0.509. The second-order valence-corrected chi connectivity index (χ2v) is 7.37. The normalized spacial score (nSPS) is 14.7. The molecule has 0 spiro atoms. The summed E-state index contributed by atoms with van der Waals surface area (Å²) >= 11 is 0. The van der Waals surface area contributed by atoms with Gasteiger partial charge in [-0.15, -0.1) is 0 Å². The van der Waals surface area contributed by atoms with E-state index in [9.17, 15) is 14.0 Å². The van der Waals surface area contributed by atoms with E-state index in [0.717, 1.165) is 11.3 Å². The van der Waals surface area contributed by atoms with E-state index >= 15 is 0 Å². The Morgan fingerprint density at radius 2 is 1.87 bits per heavy atom. The van der Waals surface area contributed by atoms with Crippen LogP contribution in [0.25, 0.3) is 0 Å². The first-order valence-electron chi connectivity index (χ1n) is 9.88. The Hall–Kier alpha value is -3.42. The van der Waals surface area contributed by atoms with E-state index in [1.165, 1.54) is 12.1 Å². The molecule has 0 aliphatic carbocycles. The highest BCUT2D eigenvalue weighted by molar-refractivity contribution is 5.94. The van der Waals surface area contributed by atoms with Crippen molar-refractivity contribution in [3.63, 3.8) is 0 Å². The van der Waals surface area contributed by atoms with Crippen molar-refractivity contribution < 1.29 is 13.9 Å². The zero-order valence-electron chi connectivity index (χ0n) is 16.7. The number of nitrogens with zero attached hydrogens (tertiary/aromatic N) is 3. The third kappa shape index (κ3) is 3.98. The molecule has 0 saturated carbocycles. The number of ether oxygens (including phenoxy) is 1. The summed E-state index contributed by atoms with van der Waals surface area (Å²) in [7, 11) is 1.61. The summed E-state index contributed by atoms with van der Waals surface area (Å²) in [6.45, 7) is 1.38. The summed E-state index contributed by atoms with van der Waals surface area (Å²) in [5.41, 5.74) is 0.797. The smallest absolute Gasteiger partial charge is 0.343 e. The molecule has 7 nitrogen and oxygen atoms in total. The zero-order chi connectivity index (χ0) is 21.1. The van der Waals surface area contributed by atoms with Crippen LogP contribution >= 0.6 is 0 Å². The van der Waals surface area contributed by atoms with Gasteiger partial charge in [0.05, 0.1) is 19.2 Å². The number of methoxy groups -OCH3 is 1. The van der Waals surface area contributed by atoms with Crippen LogP contribution in [0.5, 0.6) is 5.75 Å². The van der Waals surface area contributed by atoms with Crippen molar-refractivity contribution in [2.24, 2.45) is 0 Å². The Labute approximate surface area is 173 Å². The molecule has 1 saturated heterocycles. The van der Waals surface area contributed by atoms with Gasteiger partial charge in [0.1, 0.15) is 17.4 Å². The molecule has 4 rings (SSSR count). The van der Waals surface area contributed by atoms with Crippen LogP contribution in [0.1, 0.15) is 40.5 Å². The highest BCUT2D eigenvalue weighted by Crippen LogP contribution is 2.27. The van der Waals surface area contributed by atoms with Gasteiger partial charge in [-0.3, -0.25) is 9.36 Å². The van der Waals surface area contributed by atoms with Gasteiger partial charge in [-0.05, 0) is 42.7 Å². The van der Waals surface area contributed by atoms with E-state index in [-0.39, 0.29) is 23.1 Å². The van der Waals surface area contributed by atoms with E-state index in [4.69, 9.17) is 4.74 Å². The van der Waals surface area contributed by atoms with Crippen molar-refractivity contribution in [3.8, 4) is 5.75 Å². The average Bonchev–Trinajstić information content (AvgIpc) is 3.14. The second-order valence-electron chi connectivity index (χ2n) is 7.37. The number of benzene rings is 2. The van der Waals surface area contributed by atoms with Crippen LogP contribution in [0.4, 0.5) is 4.39 Å². The largest absolute Gasteiger partial charge is 0.497 e. The van der Waals surface area contributed by atoms with Crippen molar-refractivity contribution in [3.05, 3.63) is 81.8 Å². The van der Waals surface area contributed by atoms with Crippen molar-refractivity contribution in [2.75, 3.05) is 20.2 Å². The van der Waals surface area contributed by atoms with E-state index in [2.05, 4.69) is 10.2 Å². The molecule has 156 valence electrons. The van der Waals surface area contributed by atoms with Gasteiger partial charge in [0.2, 0.25) is 0 Å². The SMILES string of the molecule is COc1ccc(Cn2c(C3CCN(C(=O)c4ccccc4F)CC3)n[nH]c2=O)cc1. The fraction of sp³-hybridized carbons (Fsp3) is 0.318. The van der Waals surface area contributed by atoms with Crippen LogP contribution in [0.15, 0.2) is 53.3 Å². The van der Waals surface area contributed by atoms with Crippen LogP contribution < -0.4 is 10.4 Å². The molecule has 1 amide bonds. The highest BCUT2D eigenvalue weighted by atomic mass is 19.1. The summed E-state index contributed by atoms with van der Waals surface area (Å²) in [5.74, 6) is 0.681. The number of halogens is 1. The molecule has 8 heteroatoms. The molecule has 1 aliphatic heterocycles. The maximum Gasteiger partial charge on any atom is 0.343 e. The first kappa shape index (κ1) is 19.9. The molecule has 1 aromatic heterocycles. The number of amides is 1. The van der Waals surface area contributed by atoms with Crippen molar-refractivity contribution >= 4 is 5.91 Å². The zero-order valence-corrected chi connectivity index (χ0v) is 16.7. The van der Waals surface area contributed by atoms with Gasteiger partial charge in [-0.25, -0.2) is 14.3 Å². The number of aromatic amines is 1. The molecule has 0 atom stereocenters. The lowest BCUT2D eigenvalue weighted by molar-refractivity contribution is 0.0705. The Morgan fingerprint density at radius 1 is 1.17 bits per heavy atom. The van der Waals surface area contributed by atoms with E-state index in [0.29, 0.717) is 38.3 Å². The molecule has 0 unspecified atom stereocenters. The van der Waals surface area contributed by atoms with Gasteiger partial charge in [-0.1, -0.05) is 24.3 Å². The molecule has 30 heavy (non-hydrogen) atoms. The maximum atomic E-state index is 13.9. The number of H-pyrrole nitrogens is 1. The van der Waals surface area contributed by atoms with Crippen LogP contribution in [-0.2, 0) is 6.54 Å². The first-order valence-corrected chi connectivity index (χ1v) is 9.88. The highest BCUT2D eigenvalue weighted by Gasteiger charge is 2.29. The van der Waals surface area contributed by atoms with Gasteiger partial charge >= 0.3 is 5.69 Å². The Bertz CT molecular complexity index is 1080. The van der Waals surface area contributed by atoms with E-state index in [1.807, 2.05) is 24.3 Å². The minimum absolute atomic E-state index is 0.0480. The summed E-state index contributed by atoms with van der Waals surface area (Å²) in [5, 5.41) is 6.80. The van der Waals surface area contributed by atoms with Gasteiger partial charge in [-0.2, -0.15) is 5.10 Å². The fourth-order valence-electron chi connectivity index (χ4n) is 3.85. The number of aromatic nitrogens is 3. The molecule has 0 bridgehead atoms. The second kappa shape index (κ2) is 8.52. The fourth-order valence-corrected chi connectivity index (χ4v) is 3.85. The number of nitrogens with one attached hydrogen (secondary N) is 1. The molecular formula is C22H23FN4O3. The van der Waals surface area contributed by atoms with Crippen molar-refractivity contribution in [1.82, 2.24) is 19.7 Å². The summed E-state index contributed by atoms with van der Waals surface area (Å²) in [6.07, 6.45) is 1.32. The summed E-state index contributed by atoms with van der Waals surface area (Å²) in [4.78, 5) is 26.6. The van der Waals surface area contributed by atoms with Crippen LogP contribution in [0.3, 0.4) is 0 Å². The molecule has 2 aromatic carbocycles. The number of piperidine rings is 1. The third-order valence-corrected chi connectivity index (χ3v) is 5.54. The number of carbonyl (C=O) groups is 1. The van der Waals surface area contributed by atoms with Crippen molar-refractivity contribution in [1.29, 1.82) is 0 Å². The molecule has 2 heterocycles. The minimum Gasteiger partial charge on any atom is -0.497 e. The van der Waals surface area contributed by atoms with Gasteiger partial charge in [0, 0.05) is 19.0 Å². The van der Waals surface area contributed by atoms with Gasteiger partial charge in [0.15, 0.2) is 0 Å². The lowest BCUT2D eigenvalue weighted by atomic mass is 9.95. The van der Waals surface area contributed by atoms with Crippen LogP contribution in [0, 0.1) is 5.82 Å². The van der Waals surface area contributed by atoms with Gasteiger partial charge < -0.3 is 9.64 Å². The molecule has 0 radical (unpaired) electrons. The van der Waals surface area contributed by atoms with E-state index in [1.54, 1.807) is 28.7 Å². The Kier molecular flexibility index (Phi) is 5.65. The number of rotatable bonds is 5. The number of hydrogen-bond donors (Lipinski definition) is 1. The average molecular weight is 410 g/mol. The lowest BCUT2D eigenvalue weighted by Crippen LogP contribution is -2.39. The standard InChI is InChI=1S/C22H23FN4O3/c1-30-17-8-6-15(7-9-17)14-27-20(24-25-22(27)29)16-10-12-26(13-11-16)21(28)18-4-2-3-5-19(18)23/h2-9,16H,10-14H2,1H3,(H,25,29). The van der Waals surface area contributed by atoms with Crippen LogP contribution in [0.2, 0.25) is 0 Å². The van der Waals surface area contributed by atoms with Gasteiger partial charge in [0.25, 0.3) is 5.91 Å². The van der Waals surface area contributed by atoms with E-state index < -0.39 is 5.82 Å². The molecular weight excluding hydrogens is 387 g/mol. The third-order valence-electron chi connectivity index (χ3n) is 5.54. The monoisotopic (exact) mass is 410 g/mol. The van der Waals surface area contributed by atoms with Crippen LogP contribution in [-0.4, -0.2) is 45.8 Å². The molecule has 3 aromatic rings. The number of hydrogen-bond acceptors (Lipinski definition) is 4. The Morgan fingerprint density at radius 3 is 2.53 bits per heavy atom. The first-order chi connectivity index (χ1) is 14.6. The predicted molar refractivity (Wildman–Crippen MR) is 109 cm³/mol. The molecule has 1 N–H and O–H groups in total. The lowest BCUT2D eigenvalue weighted by Gasteiger charge is -2.31. The van der Waals surface area contributed by atoms with Crippen molar-refractivity contribution in [2.45, 2.75) is 25.3 Å². The Balaban J connectivity index is 1.46. The predicted octanol–water partition coefficient (Wildman–Crippen LogP) is 2.79. The quantitative estimate of drug-likeness (QED) is 0.702. The molecule has 1 fully saturated rings. The molecule has 1 aliphatic rings. The summed E-state index contributed by atoms with van der Waals surface area (Å²) in [6, 6.07) is 13.6.